The maximum Gasteiger partial charge on any atom is 0.162 e. The van der Waals surface area contributed by atoms with Gasteiger partial charge in [-0.2, -0.15) is 0 Å². The van der Waals surface area contributed by atoms with Crippen molar-refractivity contribution in [3.8, 4) is 0 Å². The van der Waals surface area contributed by atoms with Crippen molar-refractivity contribution in [2.75, 3.05) is 7.11 Å². The smallest absolute Gasteiger partial charge is 0.162 e. The molecule has 1 saturated heterocycles. The van der Waals surface area contributed by atoms with Gasteiger partial charge in [0.05, 0.1) is 17.6 Å². The fourth-order valence-corrected chi connectivity index (χ4v) is 3.75. The lowest BCUT2D eigenvalue weighted by Crippen LogP contribution is -2.57. The minimum absolute atomic E-state index is 0.0864. The molecular weight excluding hydrogens is 256 g/mol. The first-order valence-electron chi connectivity index (χ1n) is 7.68. The van der Waals surface area contributed by atoms with Gasteiger partial charge in [0, 0.05) is 13.5 Å². The molecule has 0 amide bonds. The fourth-order valence-electron chi connectivity index (χ4n) is 3.75. The van der Waals surface area contributed by atoms with Crippen LogP contribution in [0.2, 0.25) is 0 Å². The van der Waals surface area contributed by atoms with Gasteiger partial charge in [0.1, 0.15) is 11.7 Å². The Hall–Kier alpha value is -0.450. The number of ether oxygens (including phenoxy) is 2. The predicted molar refractivity (Wildman–Crippen MR) is 76.5 cm³/mol. The highest BCUT2D eigenvalue weighted by molar-refractivity contribution is 5.85. The van der Waals surface area contributed by atoms with E-state index in [2.05, 4.69) is 13.8 Å². The summed E-state index contributed by atoms with van der Waals surface area (Å²) < 4.78 is 11.3. The molecule has 0 aromatic heterocycles. The Bertz CT molecular complexity index is 377. The van der Waals surface area contributed by atoms with E-state index >= 15 is 0 Å². The summed E-state index contributed by atoms with van der Waals surface area (Å²) in [4.78, 5) is 12.1. The van der Waals surface area contributed by atoms with Gasteiger partial charge in [-0.25, -0.2) is 0 Å². The maximum atomic E-state index is 12.1. The van der Waals surface area contributed by atoms with Crippen molar-refractivity contribution in [1.82, 2.24) is 0 Å². The number of rotatable bonds is 5. The normalized spacial score (nSPS) is 45.0. The van der Waals surface area contributed by atoms with Crippen LogP contribution in [0.15, 0.2) is 0 Å². The highest BCUT2D eigenvalue weighted by Gasteiger charge is 2.66. The van der Waals surface area contributed by atoms with Crippen LogP contribution in [0.5, 0.6) is 0 Å². The molecule has 20 heavy (non-hydrogen) atoms. The van der Waals surface area contributed by atoms with Crippen LogP contribution in [0, 0.1) is 11.8 Å². The Morgan fingerprint density at radius 2 is 2.10 bits per heavy atom. The first kappa shape index (κ1) is 15.9. The van der Waals surface area contributed by atoms with Gasteiger partial charge in [-0.3, -0.25) is 4.79 Å². The Labute approximate surface area is 121 Å². The second kappa shape index (κ2) is 5.39. The molecule has 4 heteroatoms. The van der Waals surface area contributed by atoms with E-state index in [1.54, 1.807) is 7.11 Å². The van der Waals surface area contributed by atoms with Gasteiger partial charge in [-0.1, -0.05) is 13.8 Å². The molecule has 4 nitrogen and oxygen atoms in total. The Morgan fingerprint density at radius 3 is 2.65 bits per heavy atom. The van der Waals surface area contributed by atoms with E-state index in [4.69, 9.17) is 9.47 Å². The van der Waals surface area contributed by atoms with E-state index in [0.717, 1.165) is 12.8 Å². The minimum atomic E-state index is -0.907. The molecule has 5 atom stereocenters. The second-order valence-electron chi connectivity index (χ2n) is 7.22. The summed E-state index contributed by atoms with van der Waals surface area (Å²) in [5.74, 6) is 0.442. The molecule has 1 unspecified atom stereocenters. The zero-order valence-corrected chi connectivity index (χ0v) is 13.3. The summed E-state index contributed by atoms with van der Waals surface area (Å²) in [5.41, 5.74) is -1.34. The van der Waals surface area contributed by atoms with E-state index < -0.39 is 17.3 Å². The highest BCUT2D eigenvalue weighted by Crippen LogP contribution is 2.53. The zero-order valence-electron chi connectivity index (χ0n) is 13.3. The zero-order chi connectivity index (χ0) is 15.1. The molecule has 1 aliphatic carbocycles. The van der Waals surface area contributed by atoms with Crippen molar-refractivity contribution < 1.29 is 19.4 Å². The number of carbonyl (C=O) groups is 1. The predicted octanol–water partition coefficient (Wildman–Crippen LogP) is 2.33. The van der Waals surface area contributed by atoms with Gasteiger partial charge in [-0.15, -0.1) is 0 Å². The largest absolute Gasteiger partial charge is 0.390 e. The average molecular weight is 284 g/mol. The van der Waals surface area contributed by atoms with Crippen LogP contribution in [0.4, 0.5) is 0 Å². The first-order valence-corrected chi connectivity index (χ1v) is 7.68. The molecule has 0 radical (unpaired) electrons. The number of methoxy groups -OCH3 is 1. The highest BCUT2D eigenvalue weighted by atomic mass is 16.6. The third-order valence-corrected chi connectivity index (χ3v) is 5.02. The molecule has 2 aliphatic rings. The first-order chi connectivity index (χ1) is 9.22. The molecule has 2 fully saturated rings. The lowest BCUT2D eigenvalue weighted by Gasteiger charge is -2.43. The van der Waals surface area contributed by atoms with Crippen LogP contribution in [-0.4, -0.2) is 41.4 Å². The third kappa shape index (κ3) is 2.78. The molecule has 0 aromatic rings. The van der Waals surface area contributed by atoms with Crippen molar-refractivity contribution in [2.45, 2.75) is 76.8 Å². The van der Waals surface area contributed by atoms with Crippen LogP contribution in [-0.2, 0) is 14.3 Å². The van der Waals surface area contributed by atoms with E-state index in [0.29, 0.717) is 18.8 Å². The second-order valence-corrected chi connectivity index (χ2v) is 7.22. The molecule has 2 rings (SSSR count). The van der Waals surface area contributed by atoms with E-state index in [1.807, 2.05) is 13.8 Å². The molecule has 0 spiro atoms. The Morgan fingerprint density at radius 1 is 1.45 bits per heavy atom. The van der Waals surface area contributed by atoms with Gasteiger partial charge in [0.15, 0.2) is 5.78 Å². The monoisotopic (exact) mass is 284 g/mol. The molecule has 1 aliphatic heterocycles. The number of carbonyl (C=O) groups excluding carboxylic acids is 1. The lowest BCUT2D eigenvalue weighted by molar-refractivity contribution is -0.160. The number of Topliss-reactive ketones (excluding diaryl/α,β-unsaturated/α-hetero) is 1. The number of hydrogen-bond donors (Lipinski definition) is 1. The molecular formula is C16H28O4. The summed E-state index contributed by atoms with van der Waals surface area (Å²) in [6.45, 7) is 8.21. The SMILES string of the molecule is CO[C@@H]1C(=O)CC[C@@](C)(O)[C@H]1C1(C)O[C@@H]1CCC(C)C. The third-order valence-electron chi connectivity index (χ3n) is 5.02. The quantitative estimate of drug-likeness (QED) is 0.787. The lowest BCUT2D eigenvalue weighted by atomic mass is 9.67. The summed E-state index contributed by atoms with van der Waals surface area (Å²) >= 11 is 0. The summed E-state index contributed by atoms with van der Waals surface area (Å²) in [5, 5.41) is 10.7. The number of epoxide rings is 1. The number of aliphatic hydroxyl groups is 1. The molecule has 1 saturated carbocycles. The van der Waals surface area contributed by atoms with Crippen molar-refractivity contribution in [2.24, 2.45) is 11.8 Å². The molecule has 116 valence electrons. The average Bonchev–Trinajstić information content (AvgIpc) is 3.01. The molecule has 0 bridgehead atoms. The van der Waals surface area contributed by atoms with Crippen LogP contribution < -0.4 is 0 Å². The van der Waals surface area contributed by atoms with Gasteiger partial charge in [-0.05, 0) is 39.0 Å². The van der Waals surface area contributed by atoms with Crippen molar-refractivity contribution in [3.05, 3.63) is 0 Å². The van der Waals surface area contributed by atoms with Crippen molar-refractivity contribution in [1.29, 1.82) is 0 Å². The topological polar surface area (TPSA) is 59.1 Å². The van der Waals surface area contributed by atoms with Gasteiger partial charge >= 0.3 is 0 Å². The van der Waals surface area contributed by atoms with E-state index in [-0.39, 0.29) is 17.8 Å². The Kier molecular flexibility index (Phi) is 4.30. The van der Waals surface area contributed by atoms with Gasteiger partial charge < -0.3 is 14.6 Å². The maximum absolute atomic E-state index is 12.1. The van der Waals surface area contributed by atoms with E-state index in [1.165, 1.54) is 0 Å². The van der Waals surface area contributed by atoms with Gasteiger partial charge in [0.2, 0.25) is 0 Å². The fraction of sp³-hybridized carbons (Fsp3) is 0.938. The van der Waals surface area contributed by atoms with Crippen LogP contribution >= 0.6 is 0 Å². The summed E-state index contributed by atoms with van der Waals surface area (Å²) in [6.07, 6.45) is 2.53. The van der Waals surface area contributed by atoms with E-state index in [9.17, 15) is 9.90 Å². The van der Waals surface area contributed by atoms with Crippen molar-refractivity contribution >= 4 is 5.78 Å². The van der Waals surface area contributed by atoms with Crippen molar-refractivity contribution in [3.63, 3.8) is 0 Å². The summed E-state index contributed by atoms with van der Waals surface area (Å²) in [7, 11) is 1.55. The molecule has 1 heterocycles. The Balaban J connectivity index is 2.13. The van der Waals surface area contributed by atoms with Crippen LogP contribution in [0.25, 0.3) is 0 Å². The number of hydrogen-bond acceptors (Lipinski definition) is 4. The minimum Gasteiger partial charge on any atom is -0.390 e. The van der Waals surface area contributed by atoms with Gasteiger partial charge in [0.25, 0.3) is 0 Å². The molecule has 0 aromatic carbocycles. The van der Waals surface area contributed by atoms with Crippen LogP contribution in [0.3, 0.4) is 0 Å². The number of ketones is 1. The van der Waals surface area contributed by atoms with Crippen LogP contribution in [0.1, 0.15) is 53.4 Å². The standard InChI is InChI=1S/C16H28O4/c1-10(2)6-7-12-16(4,20-12)14-13(19-5)11(17)8-9-15(14,3)18/h10,12-14,18H,6-9H2,1-5H3/t12-,13-,14+,15-,16?/m1/s1. The summed E-state index contributed by atoms with van der Waals surface area (Å²) in [6, 6.07) is 0. The molecule has 1 N–H and O–H groups in total.